The fourth-order valence-corrected chi connectivity index (χ4v) is 4.29. The first kappa shape index (κ1) is 21.8. The Bertz CT molecular complexity index is 913. The highest BCUT2D eigenvalue weighted by Gasteiger charge is 2.34. The molecule has 4 rings (SSSR count). The SMILES string of the molecule is CCOCCCN(C)C1CCN(C(=O)c2oc3ccccc3c2NC(=O)C2CC2)CC1. The van der Waals surface area contributed by atoms with Gasteiger partial charge >= 0.3 is 0 Å². The van der Waals surface area contributed by atoms with Crippen LogP contribution in [0.2, 0.25) is 0 Å². The number of anilines is 1. The van der Waals surface area contributed by atoms with Gasteiger partial charge in [0, 0.05) is 50.2 Å². The normalized spacial score (nSPS) is 17.5. The van der Waals surface area contributed by atoms with E-state index < -0.39 is 0 Å². The number of nitrogens with one attached hydrogen (secondary N) is 1. The van der Waals surface area contributed by atoms with Crippen molar-refractivity contribution >= 4 is 28.5 Å². The number of likely N-dealkylation sites (tertiary alicyclic amines) is 1. The fourth-order valence-electron chi connectivity index (χ4n) is 4.29. The molecule has 2 aromatic rings. The number of rotatable bonds is 9. The van der Waals surface area contributed by atoms with E-state index >= 15 is 0 Å². The molecule has 0 atom stereocenters. The molecule has 0 radical (unpaired) electrons. The van der Waals surface area contributed by atoms with Crippen LogP contribution in [0.25, 0.3) is 11.0 Å². The minimum Gasteiger partial charge on any atom is -0.449 e. The smallest absolute Gasteiger partial charge is 0.291 e. The predicted octanol–water partition coefficient (Wildman–Crippen LogP) is 3.74. The number of para-hydroxylation sites is 1. The Morgan fingerprint density at radius 2 is 1.94 bits per heavy atom. The van der Waals surface area contributed by atoms with E-state index in [0.717, 1.165) is 57.2 Å². The number of amides is 2. The van der Waals surface area contributed by atoms with Gasteiger partial charge < -0.3 is 24.3 Å². The highest BCUT2D eigenvalue weighted by molar-refractivity contribution is 6.11. The monoisotopic (exact) mass is 427 g/mol. The molecule has 0 unspecified atom stereocenters. The summed E-state index contributed by atoms with van der Waals surface area (Å²) in [5.41, 5.74) is 1.15. The van der Waals surface area contributed by atoms with E-state index in [1.165, 1.54) is 0 Å². The second-order valence-corrected chi connectivity index (χ2v) is 8.62. The van der Waals surface area contributed by atoms with Crippen LogP contribution >= 0.6 is 0 Å². The molecule has 7 heteroatoms. The molecule has 1 aromatic carbocycles. The summed E-state index contributed by atoms with van der Waals surface area (Å²) in [7, 11) is 2.15. The van der Waals surface area contributed by atoms with Crippen molar-refractivity contribution in [1.82, 2.24) is 9.80 Å². The lowest BCUT2D eigenvalue weighted by atomic mass is 10.0. The average molecular weight is 428 g/mol. The van der Waals surface area contributed by atoms with Gasteiger partial charge in [-0.1, -0.05) is 12.1 Å². The Labute approximate surface area is 183 Å². The Balaban J connectivity index is 1.41. The number of carbonyl (C=O) groups excluding carboxylic acids is 2. The summed E-state index contributed by atoms with van der Waals surface area (Å²) in [6.45, 7) is 5.94. The molecule has 1 aliphatic carbocycles. The second-order valence-electron chi connectivity index (χ2n) is 8.62. The van der Waals surface area contributed by atoms with Gasteiger partial charge in [0.2, 0.25) is 11.7 Å². The van der Waals surface area contributed by atoms with Crippen LogP contribution in [0.1, 0.15) is 49.6 Å². The lowest BCUT2D eigenvalue weighted by molar-refractivity contribution is -0.117. The van der Waals surface area contributed by atoms with Gasteiger partial charge in [-0.3, -0.25) is 9.59 Å². The maximum Gasteiger partial charge on any atom is 0.291 e. The van der Waals surface area contributed by atoms with Crippen LogP contribution in [0, 0.1) is 5.92 Å². The summed E-state index contributed by atoms with van der Waals surface area (Å²) >= 11 is 0. The summed E-state index contributed by atoms with van der Waals surface area (Å²) in [6, 6.07) is 7.96. The van der Waals surface area contributed by atoms with Crippen LogP contribution in [-0.4, -0.2) is 67.6 Å². The zero-order chi connectivity index (χ0) is 21.8. The molecule has 1 N–H and O–H groups in total. The number of hydrogen-bond donors (Lipinski definition) is 1. The molecule has 7 nitrogen and oxygen atoms in total. The van der Waals surface area contributed by atoms with Crippen LogP contribution in [0.5, 0.6) is 0 Å². The van der Waals surface area contributed by atoms with Gasteiger partial charge in [-0.05, 0) is 58.2 Å². The Morgan fingerprint density at radius 3 is 2.65 bits per heavy atom. The van der Waals surface area contributed by atoms with Crippen molar-refractivity contribution in [2.75, 3.05) is 45.2 Å². The van der Waals surface area contributed by atoms with E-state index in [-0.39, 0.29) is 23.5 Å². The lowest BCUT2D eigenvalue weighted by Crippen LogP contribution is -2.46. The first-order chi connectivity index (χ1) is 15.1. The summed E-state index contributed by atoms with van der Waals surface area (Å²) < 4.78 is 11.4. The van der Waals surface area contributed by atoms with E-state index in [0.29, 0.717) is 30.4 Å². The summed E-state index contributed by atoms with van der Waals surface area (Å²) in [5, 5.41) is 3.76. The third-order valence-corrected chi connectivity index (χ3v) is 6.36. The van der Waals surface area contributed by atoms with Crippen molar-refractivity contribution in [3.8, 4) is 0 Å². The third kappa shape index (κ3) is 5.10. The van der Waals surface area contributed by atoms with Gasteiger partial charge in [-0.25, -0.2) is 0 Å². The summed E-state index contributed by atoms with van der Waals surface area (Å²) in [6.07, 6.45) is 4.71. The number of ether oxygens (including phenoxy) is 1. The predicted molar refractivity (Wildman–Crippen MR) is 120 cm³/mol. The minimum atomic E-state index is -0.139. The van der Waals surface area contributed by atoms with Gasteiger partial charge in [-0.2, -0.15) is 0 Å². The van der Waals surface area contributed by atoms with E-state index in [2.05, 4.69) is 17.3 Å². The van der Waals surface area contributed by atoms with Crippen molar-refractivity contribution in [3.05, 3.63) is 30.0 Å². The van der Waals surface area contributed by atoms with Gasteiger partial charge in [0.15, 0.2) is 0 Å². The van der Waals surface area contributed by atoms with Gasteiger partial charge in [0.05, 0.1) is 0 Å². The van der Waals surface area contributed by atoms with Crippen LogP contribution in [0.15, 0.2) is 28.7 Å². The van der Waals surface area contributed by atoms with Gasteiger partial charge in [-0.15, -0.1) is 0 Å². The van der Waals surface area contributed by atoms with E-state index in [1.54, 1.807) is 0 Å². The summed E-state index contributed by atoms with van der Waals surface area (Å²) in [4.78, 5) is 30.0. The molecule has 1 aliphatic heterocycles. The maximum atomic E-state index is 13.3. The van der Waals surface area contributed by atoms with Crippen molar-refractivity contribution in [2.45, 2.75) is 45.1 Å². The molecular weight excluding hydrogens is 394 g/mol. The van der Waals surface area contributed by atoms with E-state index in [1.807, 2.05) is 36.1 Å². The Kier molecular flexibility index (Phi) is 6.92. The van der Waals surface area contributed by atoms with Crippen molar-refractivity contribution in [2.24, 2.45) is 5.92 Å². The summed E-state index contributed by atoms with van der Waals surface area (Å²) in [5.74, 6) is 0.150. The molecule has 2 heterocycles. The van der Waals surface area contributed by atoms with E-state index in [4.69, 9.17) is 9.15 Å². The first-order valence-electron chi connectivity index (χ1n) is 11.5. The van der Waals surface area contributed by atoms with E-state index in [9.17, 15) is 9.59 Å². The van der Waals surface area contributed by atoms with Crippen molar-refractivity contribution < 1.29 is 18.7 Å². The lowest BCUT2D eigenvalue weighted by Gasteiger charge is -2.36. The van der Waals surface area contributed by atoms with Gasteiger partial charge in [0.1, 0.15) is 11.3 Å². The van der Waals surface area contributed by atoms with Crippen molar-refractivity contribution in [3.63, 3.8) is 0 Å². The molecule has 31 heavy (non-hydrogen) atoms. The second kappa shape index (κ2) is 9.83. The molecule has 0 bridgehead atoms. The number of hydrogen-bond acceptors (Lipinski definition) is 5. The molecule has 1 saturated carbocycles. The number of furan rings is 1. The van der Waals surface area contributed by atoms with Gasteiger partial charge in [0.25, 0.3) is 5.91 Å². The molecule has 0 spiro atoms. The van der Waals surface area contributed by atoms with Crippen LogP contribution in [-0.2, 0) is 9.53 Å². The fraction of sp³-hybridized carbons (Fsp3) is 0.583. The zero-order valence-electron chi connectivity index (χ0n) is 18.6. The molecule has 1 saturated heterocycles. The molecule has 168 valence electrons. The number of carbonyl (C=O) groups is 2. The highest BCUT2D eigenvalue weighted by Crippen LogP contribution is 2.35. The number of piperidine rings is 1. The minimum absolute atomic E-state index is 0.0204. The maximum absolute atomic E-state index is 13.3. The number of nitrogens with zero attached hydrogens (tertiary/aromatic N) is 2. The van der Waals surface area contributed by atoms with Crippen LogP contribution in [0.3, 0.4) is 0 Å². The standard InChI is InChI=1S/C24H33N3O4/c1-3-30-16-6-13-26(2)18-11-14-27(15-12-18)24(29)22-21(25-23(28)17-9-10-17)19-7-4-5-8-20(19)31-22/h4-5,7-8,17-18H,3,6,9-16H2,1-2H3,(H,25,28). The first-order valence-corrected chi connectivity index (χ1v) is 11.5. The Morgan fingerprint density at radius 1 is 1.19 bits per heavy atom. The quantitative estimate of drug-likeness (QED) is 0.617. The Hall–Kier alpha value is -2.38. The molecule has 2 aliphatic rings. The topological polar surface area (TPSA) is 75.0 Å². The van der Waals surface area contributed by atoms with Crippen molar-refractivity contribution in [1.29, 1.82) is 0 Å². The highest BCUT2D eigenvalue weighted by atomic mass is 16.5. The molecular formula is C24H33N3O4. The number of benzene rings is 1. The largest absolute Gasteiger partial charge is 0.449 e. The average Bonchev–Trinajstić information content (AvgIpc) is 3.59. The molecule has 2 fully saturated rings. The molecule has 1 aromatic heterocycles. The van der Waals surface area contributed by atoms with Crippen LogP contribution < -0.4 is 5.32 Å². The zero-order valence-corrected chi connectivity index (χ0v) is 18.6. The number of fused-ring (bicyclic) bond motifs is 1. The third-order valence-electron chi connectivity index (χ3n) is 6.36. The van der Waals surface area contributed by atoms with Crippen LogP contribution in [0.4, 0.5) is 5.69 Å². The molecule has 2 amide bonds.